The maximum atomic E-state index is 12.6. The molecule has 2 aliphatic rings. The van der Waals surface area contributed by atoms with E-state index in [0.29, 0.717) is 34.0 Å². The second-order valence-electron chi connectivity index (χ2n) is 8.55. The Morgan fingerprint density at radius 2 is 1.76 bits per heavy atom. The number of piperidine rings is 1. The Balaban J connectivity index is 1.13. The van der Waals surface area contributed by atoms with Crippen molar-refractivity contribution in [3.63, 3.8) is 0 Å². The number of carbonyl (C=O) groups is 1. The highest BCUT2D eigenvalue weighted by atomic mass is 35.5. The molecule has 0 aliphatic carbocycles. The highest BCUT2D eigenvalue weighted by Gasteiger charge is 2.40. The van der Waals surface area contributed by atoms with Crippen LogP contribution in [0, 0.1) is 0 Å². The summed E-state index contributed by atoms with van der Waals surface area (Å²) in [5.74, 6) is -0.662. The molecule has 176 valence electrons. The minimum absolute atomic E-state index is 0.0715. The van der Waals surface area contributed by atoms with E-state index in [1.165, 1.54) is 4.31 Å². The monoisotopic (exact) mass is 491 g/mol. The molecule has 2 aliphatic heterocycles. The van der Waals surface area contributed by atoms with Crippen LogP contribution in [0.2, 0.25) is 5.02 Å². The van der Waals surface area contributed by atoms with Gasteiger partial charge in [0, 0.05) is 30.7 Å². The van der Waals surface area contributed by atoms with Crippen molar-refractivity contribution < 1.29 is 18.3 Å². The van der Waals surface area contributed by atoms with E-state index < -0.39 is 10.8 Å². The molecule has 1 fully saturated rings. The van der Waals surface area contributed by atoms with Crippen molar-refractivity contribution >= 4 is 39.4 Å². The Labute approximate surface area is 197 Å². The smallest absolute Gasteiger partial charge is 0.408 e. The van der Waals surface area contributed by atoms with Crippen LogP contribution >= 0.6 is 22.4 Å². The van der Waals surface area contributed by atoms with E-state index in [1.807, 2.05) is 0 Å². The Morgan fingerprint density at radius 1 is 1.03 bits per heavy atom. The molecule has 3 heterocycles. The molecule has 0 bridgehead atoms. The molecule has 33 heavy (non-hydrogen) atoms. The van der Waals surface area contributed by atoms with Crippen LogP contribution in [0.15, 0.2) is 56.6 Å². The van der Waals surface area contributed by atoms with Gasteiger partial charge < -0.3 is 9.32 Å². The third kappa shape index (κ3) is 4.08. The van der Waals surface area contributed by atoms with Gasteiger partial charge in [-0.1, -0.05) is 34.5 Å². The van der Waals surface area contributed by atoms with Crippen molar-refractivity contribution in [3.8, 4) is 0 Å². The van der Waals surface area contributed by atoms with Crippen LogP contribution in [-0.4, -0.2) is 55.0 Å². The van der Waals surface area contributed by atoms with E-state index in [2.05, 4.69) is 4.90 Å². The first-order valence-corrected chi connectivity index (χ1v) is 13.0. The second kappa shape index (κ2) is 8.81. The van der Waals surface area contributed by atoms with Crippen LogP contribution in [0.1, 0.15) is 42.1 Å². The number of unbranched alkanes of at least 4 members (excludes halogenated alkanes) is 1. The number of benzene rings is 2. The summed E-state index contributed by atoms with van der Waals surface area (Å²) in [4.78, 5) is 27.6. The standard InChI is InChI=1S/C23H26ClN3O5S/c24-16-7-8-20-19(15-16)27(23(29)32-20)17-9-13-25(14-10-17)11-3-4-12-26-22(28)18-5-1-2-6-21(18)33(26,30)31/h1-2,5-8,15,17,30-31H,3-4,9-14H2. The fourth-order valence-corrected chi connectivity index (χ4v) is 6.65. The Bertz CT molecular complexity index is 1250. The topological polar surface area (TPSA) is 99.1 Å². The van der Waals surface area contributed by atoms with Gasteiger partial charge in [0.1, 0.15) is 0 Å². The predicted molar refractivity (Wildman–Crippen MR) is 128 cm³/mol. The molecule has 1 saturated heterocycles. The number of rotatable bonds is 6. The van der Waals surface area contributed by atoms with Crippen molar-refractivity contribution in [3.05, 3.63) is 63.6 Å². The van der Waals surface area contributed by atoms with Gasteiger partial charge in [-0.3, -0.25) is 18.5 Å². The zero-order valence-electron chi connectivity index (χ0n) is 18.0. The van der Waals surface area contributed by atoms with Crippen LogP contribution in [-0.2, 0) is 0 Å². The molecule has 0 radical (unpaired) electrons. The fourth-order valence-electron chi connectivity index (χ4n) is 4.82. The Hall–Kier alpha value is -2.30. The number of carbonyl (C=O) groups excluding carboxylic acids is 1. The number of oxazole rings is 1. The normalized spacial score (nSPS) is 19.8. The minimum atomic E-state index is -3.24. The van der Waals surface area contributed by atoms with Crippen molar-refractivity contribution in [1.29, 1.82) is 0 Å². The first-order chi connectivity index (χ1) is 15.9. The molecule has 10 heteroatoms. The average Bonchev–Trinajstić information content (AvgIpc) is 3.22. The van der Waals surface area contributed by atoms with Crippen LogP contribution in [0.5, 0.6) is 0 Å². The number of likely N-dealkylation sites (tertiary alicyclic amines) is 1. The molecule has 0 atom stereocenters. The quantitative estimate of drug-likeness (QED) is 0.478. The third-order valence-electron chi connectivity index (χ3n) is 6.53. The van der Waals surface area contributed by atoms with Gasteiger partial charge in [-0.2, -0.15) is 0 Å². The third-order valence-corrected chi connectivity index (χ3v) is 8.67. The number of amides is 1. The van der Waals surface area contributed by atoms with Crippen molar-refractivity contribution in [2.75, 3.05) is 26.2 Å². The van der Waals surface area contributed by atoms with Crippen LogP contribution in [0.4, 0.5) is 0 Å². The summed E-state index contributed by atoms with van der Waals surface area (Å²) < 4.78 is 29.4. The van der Waals surface area contributed by atoms with E-state index in [4.69, 9.17) is 16.0 Å². The van der Waals surface area contributed by atoms with Crippen molar-refractivity contribution in [2.45, 2.75) is 36.6 Å². The first kappa shape index (κ1) is 22.5. The highest BCUT2D eigenvalue weighted by molar-refractivity contribution is 8.23. The lowest BCUT2D eigenvalue weighted by atomic mass is 10.0. The molecule has 2 N–H and O–H groups in total. The summed E-state index contributed by atoms with van der Waals surface area (Å²) in [6.45, 7) is 2.87. The van der Waals surface area contributed by atoms with Crippen LogP contribution in [0.3, 0.4) is 0 Å². The molecule has 8 nitrogen and oxygen atoms in total. The number of fused-ring (bicyclic) bond motifs is 2. The maximum absolute atomic E-state index is 12.6. The van der Waals surface area contributed by atoms with E-state index in [0.717, 1.165) is 44.4 Å². The number of halogens is 1. The van der Waals surface area contributed by atoms with Crippen molar-refractivity contribution in [1.82, 2.24) is 13.8 Å². The van der Waals surface area contributed by atoms with Gasteiger partial charge in [-0.25, -0.2) is 9.10 Å². The average molecular weight is 492 g/mol. The molecule has 1 amide bonds. The van der Waals surface area contributed by atoms with E-state index in [-0.39, 0.29) is 17.7 Å². The zero-order chi connectivity index (χ0) is 23.2. The lowest BCUT2D eigenvalue weighted by molar-refractivity contribution is 0.0859. The van der Waals surface area contributed by atoms with Gasteiger partial charge in [-0.15, -0.1) is 0 Å². The number of nitrogens with zero attached hydrogens (tertiary/aromatic N) is 3. The van der Waals surface area contributed by atoms with Gasteiger partial charge in [0.2, 0.25) is 0 Å². The van der Waals surface area contributed by atoms with Crippen LogP contribution < -0.4 is 5.76 Å². The number of hydrogen-bond donors (Lipinski definition) is 2. The minimum Gasteiger partial charge on any atom is -0.408 e. The lowest BCUT2D eigenvalue weighted by Gasteiger charge is -2.37. The van der Waals surface area contributed by atoms with E-state index >= 15 is 0 Å². The van der Waals surface area contributed by atoms with E-state index in [9.17, 15) is 18.7 Å². The summed E-state index contributed by atoms with van der Waals surface area (Å²) in [7, 11) is -3.24. The largest absolute Gasteiger partial charge is 0.420 e. The maximum Gasteiger partial charge on any atom is 0.420 e. The van der Waals surface area contributed by atoms with Crippen molar-refractivity contribution in [2.24, 2.45) is 0 Å². The fraction of sp³-hybridized carbons (Fsp3) is 0.391. The van der Waals surface area contributed by atoms with Gasteiger partial charge in [-0.05, 0) is 62.6 Å². The SMILES string of the molecule is O=C1c2ccccc2S(O)(O)N1CCCCN1CCC(n2c(=O)oc3ccc(Cl)cc32)CC1. The molecule has 5 rings (SSSR count). The summed E-state index contributed by atoms with van der Waals surface area (Å²) >= 11 is 6.11. The van der Waals surface area contributed by atoms with Gasteiger partial charge in [0.05, 0.1) is 16.0 Å². The molecular formula is C23H26ClN3O5S. The van der Waals surface area contributed by atoms with E-state index in [1.54, 1.807) is 47.0 Å². The first-order valence-electron chi connectivity index (χ1n) is 11.1. The zero-order valence-corrected chi connectivity index (χ0v) is 19.6. The molecule has 0 unspecified atom stereocenters. The van der Waals surface area contributed by atoms with Gasteiger partial charge >= 0.3 is 5.76 Å². The molecular weight excluding hydrogens is 466 g/mol. The molecule has 1 aromatic heterocycles. The second-order valence-corrected chi connectivity index (χ2v) is 10.9. The molecule has 0 saturated carbocycles. The summed E-state index contributed by atoms with van der Waals surface area (Å²) in [6.07, 6.45) is 3.19. The summed E-state index contributed by atoms with van der Waals surface area (Å²) in [5.41, 5.74) is 1.67. The predicted octanol–water partition coefficient (Wildman–Crippen LogP) is 4.85. The summed E-state index contributed by atoms with van der Waals surface area (Å²) in [5, 5.41) is 0.575. The number of aromatic nitrogens is 1. The Morgan fingerprint density at radius 3 is 2.52 bits per heavy atom. The molecule has 3 aromatic rings. The number of hydrogen-bond acceptors (Lipinski definition) is 6. The molecule has 0 spiro atoms. The van der Waals surface area contributed by atoms with Crippen LogP contribution in [0.25, 0.3) is 11.1 Å². The molecule has 2 aromatic carbocycles. The lowest BCUT2D eigenvalue weighted by Crippen LogP contribution is -2.37. The van der Waals surface area contributed by atoms with Gasteiger partial charge in [0.15, 0.2) is 5.58 Å². The van der Waals surface area contributed by atoms with Gasteiger partial charge in [0.25, 0.3) is 5.91 Å². The highest BCUT2D eigenvalue weighted by Crippen LogP contribution is 2.58. The summed E-state index contributed by atoms with van der Waals surface area (Å²) in [6, 6.07) is 12.0. The Kier molecular flexibility index (Phi) is 6.00.